The van der Waals surface area contributed by atoms with Crippen molar-refractivity contribution >= 4 is 11.7 Å². The lowest BCUT2D eigenvalue weighted by Gasteiger charge is -2.13. The summed E-state index contributed by atoms with van der Waals surface area (Å²) in [5.41, 5.74) is -1.02. The average Bonchev–Trinajstić information content (AvgIpc) is 2.92. The van der Waals surface area contributed by atoms with Crippen LogP contribution in [0.1, 0.15) is 16.8 Å². The Bertz CT molecular complexity index is 541. The molecule has 1 heterocycles. The van der Waals surface area contributed by atoms with Crippen molar-refractivity contribution in [3.63, 3.8) is 0 Å². The van der Waals surface area contributed by atoms with Gasteiger partial charge in [-0.2, -0.15) is 0 Å². The number of rotatable bonds is 4. The first kappa shape index (κ1) is 14.2. The summed E-state index contributed by atoms with van der Waals surface area (Å²) >= 11 is 0. The van der Waals surface area contributed by atoms with Gasteiger partial charge in [-0.3, -0.25) is 10.1 Å². The quantitative estimate of drug-likeness (QED) is 0.475. The summed E-state index contributed by atoms with van der Waals surface area (Å²) < 4.78 is 28.7. The van der Waals surface area contributed by atoms with Crippen molar-refractivity contribution in [2.75, 3.05) is 20.3 Å². The first-order chi connectivity index (χ1) is 9.52. The summed E-state index contributed by atoms with van der Waals surface area (Å²) in [7, 11) is 1.08. The molecule has 0 saturated carbocycles. The highest BCUT2D eigenvalue weighted by Gasteiger charge is 2.27. The third kappa shape index (κ3) is 2.85. The number of hydrogen-bond acceptors (Lipinski definition) is 6. The van der Waals surface area contributed by atoms with Crippen molar-refractivity contribution in [2.45, 2.75) is 12.5 Å². The van der Waals surface area contributed by atoms with Crippen LogP contribution in [0.2, 0.25) is 0 Å². The van der Waals surface area contributed by atoms with Gasteiger partial charge in [-0.05, 0) is 0 Å². The van der Waals surface area contributed by atoms with Gasteiger partial charge in [0, 0.05) is 12.5 Å². The van der Waals surface area contributed by atoms with Gasteiger partial charge in [0.2, 0.25) is 0 Å². The van der Waals surface area contributed by atoms with Crippen molar-refractivity contribution in [3.05, 3.63) is 33.6 Å². The molecule has 1 saturated heterocycles. The molecule has 0 amide bonds. The molecule has 20 heavy (non-hydrogen) atoms. The first-order valence-electron chi connectivity index (χ1n) is 5.83. The first-order valence-corrected chi connectivity index (χ1v) is 5.83. The minimum atomic E-state index is -0.927. The fraction of sp³-hybridized carbons (Fsp3) is 0.417. The van der Waals surface area contributed by atoms with E-state index < -0.39 is 22.4 Å². The third-order valence-electron chi connectivity index (χ3n) is 2.83. The number of esters is 1. The van der Waals surface area contributed by atoms with Gasteiger partial charge in [-0.15, -0.1) is 0 Å². The molecule has 0 N–H and O–H groups in total. The average molecular weight is 285 g/mol. The van der Waals surface area contributed by atoms with Gasteiger partial charge >= 0.3 is 5.97 Å². The molecule has 1 aromatic carbocycles. The Morgan fingerprint density at radius 3 is 2.85 bits per heavy atom. The van der Waals surface area contributed by atoms with Crippen molar-refractivity contribution in [1.29, 1.82) is 0 Å². The van der Waals surface area contributed by atoms with Gasteiger partial charge in [-0.25, -0.2) is 9.18 Å². The van der Waals surface area contributed by atoms with E-state index in [-0.39, 0.29) is 17.4 Å². The maximum Gasteiger partial charge on any atom is 0.345 e. The Morgan fingerprint density at radius 1 is 1.55 bits per heavy atom. The van der Waals surface area contributed by atoms with Crippen LogP contribution in [0, 0.1) is 15.9 Å². The summed E-state index contributed by atoms with van der Waals surface area (Å²) in [5, 5.41) is 10.8. The van der Waals surface area contributed by atoms with E-state index >= 15 is 0 Å². The SMILES string of the molecule is COC(=O)c1cc(O[C@@H]2CCOC2)c(F)cc1[N+](=O)[O-]. The molecule has 1 atom stereocenters. The normalized spacial score (nSPS) is 17.8. The number of carbonyl (C=O) groups is 1. The zero-order valence-electron chi connectivity index (χ0n) is 10.6. The molecule has 108 valence electrons. The minimum absolute atomic E-state index is 0.230. The number of nitrogens with zero attached hydrogens (tertiary/aromatic N) is 1. The monoisotopic (exact) mass is 285 g/mol. The largest absolute Gasteiger partial charge is 0.485 e. The number of halogens is 1. The topological polar surface area (TPSA) is 87.9 Å². The number of nitro groups is 1. The molecule has 0 aliphatic carbocycles. The molecule has 0 unspecified atom stereocenters. The number of hydrogen-bond donors (Lipinski definition) is 0. The lowest BCUT2D eigenvalue weighted by atomic mass is 10.1. The highest BCUT2D eigenvalue weighted by Crippen LogP contribution is 2.29. The molecule has 1 aliphatic heterocycles. The van der Waals surface area contributed by atoms with Gasteiger partial charge in [0.1, 0.15) is 11.7 Å². The summed E-state index contributed by atoms with van der Waals surface area (Å²) in [6, 6.07) is 1.63. The number of ether oxygens (including phenoxy) is 3. The van der Waals surface area contributed by atoms with Crippen LogP contribution in [0.5, 0.6) is 5.75 Å². The number of benzene rings is 1. The predicted molar refractivity (Wildman–Crippen MR) is 64.2 cm³/mol. The van der Waals surface area contributed by atoms with E-state index in [2.05, 4.69) is 4.74 Å². The van der Waals surface area contributed by atoms with Gasteiger partial charge in [0.05, 0.1) is 31.3 Å². The van der Waals surface area contributed by atoms with Crippen LogP contribution in [0.25, 0.3) is 0 Å². The fourth-order valence-electron chi connectivity index (χ4n) is 1.84. The lowest BCUT2D eigenvalue weighted by Crippen LogP contribution is -2.17. The zero-order valence-corrected chi connectivity index (χ0v) is 10.6. The smallest absolute Gasteiger partial charge is 0.345 e. The van der Waals surface area contributed by atoms with E-state index in [4.69, 9.17) is 9.47 Å². The summed E-state index contributed by atoms with van der Waals surface area (Å²) in [6.07, 6.45) is 0.251. The third-order valence-corrected chi connectivity index (χ3v) is 2.83. The fourth-order valence-corrected chi connectivity index (χ4v) is 1.84. The molecule has 0 spiro atoms. The number of carbonyl (C=O) groups excluding carboxylic acids is 1. The Balaban J connectivity index is 2.37. The molecule has 0 aromatic heterocycles. The van der Waals surface area contributed by atoms with Crippen molar-refractivity contribution in [2.24, 2.45) is 0 Å². The molecular formula is C12H12FNO6. The summed E-state index contributed by atoms with van der Waals surface area (Å²) in [5.74, 6) is -2.06. The van der Waals surface area contributed by atoms with Crippen LogP contribution < -0.4 is 4.74 Å². The summed E-state index contributed by atoms with van der Waals surface area (Å²) in [6.45, 7) is 0.813. The highest BCUT2D eigenvalue weighted by atomic mass is 19.1. The molecule has 1 fully saturated rings. The van der Waals surface area contributed by atoms with Gasteiger partial charge < -0.3 is 14.2 Å². The Labute approximate surface area is 113 Å². The van der Waals surface area contributed by atoms with Crippen LogP contribution in [-0.2, 0) is 9.47 Å². The second-order valence-corrected chi connectivity index (χ2v) is 4.15. The predicted octanol–water partition coefficient (Wildman–Crippen LogP) is 1.69. The molecule has 7 nitrogen and oxygen atoms in total. The Hall–Kier alpha value is -2.22. The van der Waals surface area contributed by atoms with Crippen molar-refractivity contribution in [1.82, 2.24) is 0 Å². The van der Waals surface area contributed by atoms with Crippen molar-refractivity contribution in [3.8, 4) is 5.75 Å². The Kier molecular flexibility index (Phi) is 4.14. The maximum atomic E-state index is 13.8. The van der Waals surface area contributed by atoms with E-state index in [1.807, 2.05) is 0 Å². The second kappa shape index (κ2) is 5.83. The minimum Gasteiger partial charge on any atom is -0.485 e. The summed E-state index contributed by atoms with van der Waals surface area (Å²) in [4.78, 5) is 21.5. The number of nitro benzene ring substituents is 1. The Morgan fingerprint density at radius 2 is 2.30 bits per heavy atom. The van der Waals surface area contributed by atoms with Crippen LogP contribution in [0.4, 0.5) is 10.1 Å². The molecule has 1 aromatic rings. The maximum absolute atomic E-state index is 13.8. The van der Waals surface area contributed by atoms with E-state index in [1.54, 1.807) is 0 Å². The molecule has 1 aliphatic rings. The van der Waals surface area contributed by atoms with E-state index in [0.29, 0.717) is 25.7 Å². The van der Waals surface area contributed by atoms with E-state index in [0.717, 1.165) is 13.2 Å². The molecule has 0 radical (unpaired) electrons. The van der Waals surface area contributed by atoms with Crippen LogP contribution >= 0.6 is 0 Å². The van der Waals surface area contributed by atoms with E-state index in [9.17, 15) is 19.3 Å². The van der Waals surface area contributed by atoms with Gasteiger partial charge in [-0.1, -0.05) is 0 Å². The van der Waals surface area contributed by atoms with Crippen LogP contribution in [0.3, 0.4) is 0 Å². The van der Waals surface area contributed by atoms with Crippen LogP contribution in [0.15, 0.2) is 12.1 Å². The van der Waals surface area contributed by atoms with Crippen molar-refractivity contribution < 1.29 is 28.3 Å². The second-order valence-electron chi connectivity index (χ2n) is 4.15. The molecule has 2 rings (SSSR count). The van der Waals surface area contributed by atoms with Gasteiger partial charge in [0.15, 0.2) is 11.6 Å². The lowest BCUT2D eigenvalue weighted by molar-refractivity contribution is -0.385. The molecule has 8 heteroatoms. The number of methoxy groups -OCH3 is 1. The molecule has 0 bridgehead atoms. The standard InChI is InChI=1S/C12H12FNO6/c1-18-12(15)8-4-11(20-7-2-3-19-6-7)9(13)5-10(8)14(16)17/h4-5,7H,2-3,6H2,1H3/t7-/m1/s1. The van der Waals surface area contributed by atoms with E-state index in [1.165, 1.54) is 0 Å². The zero-order chi connectivity index (χ0) is 14.7. The van der Waals surface area contributed by atoms with Gasteiger partial charge in [0.25, 0.3) is 5.69 Å². The van der Waals surface area contributed by atoms with Crippen LogP contribution in [-0.4, -0.2) is 37.3 Å². The highest BCUT2D eigenvalue weighted by molar-refractivity contribution is 5.94. The molecular weight excluding hydrogens is 273 g/mol.